The molecule has 11 heteroatoms. The van der Waals surface area contributed by atoms with Gasteiger partial charge in [-0.05, 0) is 51.4 Å². The minimum Gasteiger partial charge on any atom is -0.756 e. The summed E-state index contributed by atoms with van der Waals surface area (Å²) in [5.74, 6) is -0.910. The predicted octanol–water partition coefficient (Wildman–Crippen LogP) is 10.1. The molecule has 0 aromatic carbocycles. The summed E-state index contributed by atoms with van der Waals surface area (Å²) >= 11 is 0. The quantitative estimate of drug-likeness (QED) is 0.0151. The molecule has 314 valence electrons. The number of esters is 2. The third kappa shape index (κ3) is 32.4. The molecule has 1 aliphatic rings. The van der Waals surface area contributed by atoms with E-state index >= 15 is 0 Å². The summed E-state index contributed by atoms with van der Waals surface area (Å²) < 4.78 is 39.6. The zero-order chi connectivity index (χ0) is 39.8. The number of nitrogens with zero attached hydrogens (tertiary/aromatic N) is 1. The molecule has 0 aromatic heterocycles. The first kappa shape index (κ1) is 50.2. The van der Waals surface area contributed by atoms with Crippen LogP contribution in [0.25, 0.3) is 0 Å². The molecule has 1 heterocycles. The molecule has 0 aromatic rings. The van der Waals surface area contributed by atoms with Gasteiger partial charge in [0.05, 0.1) is 40.0 Å². The van der Waals surface area contributed by atoms with Gasteiger partial charge in [0, 0.05) is 12.8 Å². The highest BCUT2D eigenvalue weighted by Gasteiger charge is 2.36. The molecule has 10 nitrogen and oxygen atoms in total. The molecule has 0 N–H and O–H groups in total. The van der Waals surface area contributed by atoms with Crippen LogP contribution in [0.15, 0.2) is 36.5 Å². The summed E-state index contributed by atoms with van der Waals surface area (Å²) in [7, 11) is 1.12. The number of hydrogen-bond acceptors (Lipinski definition) is 9. The zero-order valence-corrected chi connectivity index (χ0v) is 35.8. The van der Waals surface area contributed by atoms with Gasteiger partial charge in [-0.25, -0.2) is 0 Å². The van der Waals surface area contributed by atoms with E-state index in [9.17, 15) is 19.0 Å². The van der Waals surface area contributed by atoms with Gasteiger partial charge in [-0.2, -0.15) is 0 Å². The standard InChI is InChI=1S/C43H78NO9P/c1-6-8-10-12-14-16-18-20-22-24-26-28-31-40-41(53-40)32-30-34-43(46)52-39(38-51-54(47,48)50-36-35-44(3,4)5)37-49-42(45)33-29-27-25-23-21-19-17-15-13-11-9-7-2/h14,16,20,22,26,28,39-41H,6-13,15,17-19,21,23-25,27,29-38H2,1-5H3/b16-14-,22-20-,28-26-/t39-,40?,41?/m1/s1. The van der Waals surface area contributed by atoms with Gasteiger partial charge < -0.3 is 32.6 Å². The Balaban J connectivity index is 2.36. The van der Waals surface area contributed by atoms with Crippen molar-refractivity contribution < 1.29 is 46.8 Å². The lowest BCUT2D eigenvalue weighted by Gasteiger charge is -2.28. The second-order valence-electron chi connectivity index (χ2n) is 15.7. The second-order valence-corrected chi connectivity index (χ2v) is 17.2. The molecule has 4 atom stereocenters. The smallest absolute Gasteiger partial charge is 0.306 e. The Morgan fingerprint density at radius 1 is 0.685 bits per heavy atom. The van der Waals surface area contributed by atoms with Crippen LogP contribution in [-0.2, 0) is 37.4 Å². The van der Waals surface area contributed by atoms with Gasteiger partial charge in [-0.1, -0.05) is 134 Å². The Hall–Kier alpha value is -1.81. The molecule has 0 saturated carbocycles. The van der Waals surface area contributed by atoms with E-state index in [-0.39, 0.29) is 38.3 Å². The van der Waals surface area contributed by atoms with Crippen molar-refractivity contribution in [1.82, 2.24) is 0 Å². The number of unbranched alkanes of at least 4 members (excludes halogenated alkanes) is 14. The van der Waals surface area contributed by atoms with Crippen LogP contribution in [-0.4, -0.2) is 82.2 Å². The Kier molecular flexibility index (Phi) is 30.0. The molecular weight excluding hydrogens is 705 g/mol. The van der Waals surface area contributed by atoms with Gasteiger partial charge in [-0.3, -0.25) is 14.2 Å². The molecule has 1 fully saturated rings. The van der Waals surface area contributed by atoms with E-state index < -0.39 is 32.5 Å². The largest absolute Gasteiger partial charge is 0.756 e. The first-order valence-corrected chi connectivity index (χ1v) is 22.8. The number of allylic oxidation sites excluding steroid dienone is 5. The summed E-state index contributed by atoms with van der Waals surface area (Å²) in [6, 6.07) is 0. The van der Waals surface area contributed by atoms with E-state index in [1.54, 1.807) is 0 Å². The molecule has 0 amide bonds. The van der Waals surface area contributed by atoms with Crippen LogP contribution in [0.4, 0.5) is 0 Å². The first-order chi connectivity index (χ1) is 26.0. The van der Waals surface area contributed by atoms with Crippen molar-refractivity contribution in [2.24, 2.45) is 0 Å². The molecule has 1 saturated heterocycles. The van der Waals surface area contributed by atoms with Gasteiger partial charge in [0.2, 0.25) is 0 Å². The second kappa shape index (κ2) is 32.3. The summed E-state index contributed by atoms with van der Waals surface area (Å²) in [6.45, 7) is 4.10. The van der Waals surface area contributed by atoms with Crippen molar-refractivity contribution in [3.05, 3.63) is 36.5 Å². The average molecular weight is 784 g/mol. The van der Waals surface area contributed by atoms with Crippen LogP contribution >= 0.6 is 7.82 Å². The van der Waals surface area contributed by atoms with Gasteiger partial charge in [-0.15, -0.1) is 0 Å². The number of carbonyl (C=O) groups excluding carboxylic acids is 2. The molecule has 0 aliphatic carbocycles. The average Bonchev–Trinajstić information content (AvgIpc) is 3.87. The van der Waals surface area contributed by atoms with Crippen molar-refractivity contribution in [1.29, 1.82) is 0 Å². The van der Waals surface area contributed by atoms with Crippen LogP contribution in [0.3, 0.4) is 0 Å². The molecular formula is C43H78NO9P. The number of ether oxygens (including phenoxy) is 3. The minimum absolute atomic E-state index is 0.0447. The maximum Gasteiger partial charge on any atom is 0.306 e. The van der Waals surface area contributed by atoms with Crippen molar-refractivity contribution in [3.63, 3.8) is 0 Å². The topological polar surface area (TPSA) is 124 Å². The molecule has 0 radical (unpaired) electrons. The Bertz CT molecular complexity index is 1090. The number of rotatable bonds is 37. The first-order valence-electron chi connectivity index (χ1n) is 21.3. The number of phosphoric ester groups is 1. The number of epoxide rings is 1. The Morgan fingerprint density at radius 2 is 1.24 bits per heavy atom. The number of phosphoric acid groups is 1. The SMILES string of the molecule is CCCCC/C=C\C/C=C\C/C=C\CC1OC1CCCC(=O)O[C@H](COC(=O)CCCCCCCCCCCCCC)COP(=O)([O-])OCC[N+](C)(C)C. The molecule has 54 heavy (non-hydrogen) atoms. The van der Waals surface area contributed by atoms with Gasteiger partial charge >= 0.3 is 11.9 Å². The minimum atomic E-state index is -4.64. The van der Waals surface area contributed by atoms with Gasteiger partial charge in [0.25, 0.3) is 7.82 Å². The van der Waals surface area contributed by atoms with E-state index in [0.717, 1.165) is 51.4 Å². The highest BCUT2D eigenvalue weighted by molar-refractivity contribution is 7.45. The van der Waals surface area contributed by atoms with E-state index in [0.29, 0.717) is 17.4 Å². The number of carbonyl (C=O) groups is 2. The molecule has 3 unspecified atom stereocenters. The van der Waals surface area contributed by atoms with Gasteiger partial charge in [0.15, 0.2) is 6.10 Å². The summed E-state index contributed by atoms with van der Waals surface area (Å²) in [5.41, 5.74) is 0. The fraction of sp³-hybridized carbons (Fsp3) is 0.814. The van der Waals surface area contributed by atoms with Crippen LogP contribution in [0.1, 0.15) is 162 Å². The van der Waals surface area contributed by atoms with Crippen LogP contribution in [0, 0.1) is 0 Å². The lowest BCUT2D eigenvalue weighted by molar-refractivity contribution is -0.870. The summed E-state index contributed by atoms with van der Waals surface area (Å²) in [6.07, 6.45) is 36.2. The van der Waals surface area contributed by atoms with Crippen LogP contribution in [0.5, 0.6) is 0 Å². The highest BCUT2D eigenvalue weighted by Crippen LogP contribution is 2.38. The molecule has 1 rings (SSSR count). The molecule has 1 aliphatic heterocycles. The highest BCUT2D eigenvalue weighted by atomic mass is 31.2. The van der Waals surface area contributed by atoms with E-state index in [1.807, 2.05) is 21.1 Å². The lowest BCUT2D eigenvalue weighted by Crippen LogP contribution is -2.37. The summed E-state index contributed by atoms with van der Waals surface area (Å²) in [5, 5.41) is 0. The Labute approximate surface area is 329 Å². The van der Waals surface area contributed by atoms with E-state index in [4.69, 9.17) is 23.3 Å². The van der Waals surface area contributed by atoms with Crippen molar-refractivity contribution >= 4 is 19.8 Å². The molecule has 0 spiro atoms. The lowest BCUT2D eigenvalue weighted by atomic mass is 10.0. The fourth-order valence-electron chi connectivity index (χ4n) is 5.86. The van der Waals surface area contributed by atoms with Crippen molar-refractivity contribution in [2.45, 2.75) is 180 Å². The maximum absolute atomic E-state index is 12.7. The number of quaternary nitrogens is 1. The monoisotopic (exact) mass is 784 g/mol. The molecule has 0 bridgehead atoms. The van der Waals surface area contributed by atoms with E-state index in [1.165, 1.54) is 77.0 Å². The predicted molar refractivity (Wildman–Crippen MR) is 217 cm³/mol. The normalized spacial score (nSPS) is 17.7. The summed E-state index contributed by atoms with van der Waals surface area (Å²) in [4.78, 5) is 37.6. The van der Waals surface area contributed by atoms with Gasteiger partial charge in [0.1, 0.15) is 19.8 Å². The van der Waals surface area contributed by atoms with E-state index in [2.05, 4.69) is 50.3 Å². The maximum atomic E-state index is 12.7. The van der Waals surface area contributed by atoms with Crippen molar-refractivity contribution in [3.8, 4) is 0 Å². The van der Waals surface area contributed by atoms with Crippen LogP contribution < -0.4 is 4.89 Å². The number of likely N-dealkylation sites (N-methyl/N-ethyl adjacent to an activating group) is 1. The van der Waals surface area contributed by atoms with Crippen molar-refractivity contribution in [2.75, 3.05) is 47.5 Å². The third-order valence-corrected chi connectivity index (χ3v) is 10.3. The third-order valence-electron chi connectivity index (χ3n) is 9.34. The Morgan fingerprint density at radius 3 is 1.87 bits per heavy atom. The fourth-order valence-corrected chi connectivity index (χ4v) is 6.59. The number of hydrogen-bond donors (Lipinski definition) is 0. The zero-order valence-electron chi connectivity index (χ0n) is 34.9. The van der Waals surface area contributed by atoms with Crippen LogP contribution in [0.2, 0.25) is 0 Å².